The Morgan fingerprint density at radius 2 is 1.93 bits per heavy atom. The summed E-state index contributed by atoms with van der Waals surface area (Å²) in [4.78, 5) is 4.55. The molecule has 0 N–H and O–H groups in total. The highest BCUT2D eigenvalue weighted by atomic mass is 16.5. The summed E-state index contributed by atoms with van der Waals surface area (Å²) in [5.74, 6) is 0.981. The third-order valence-electron chi connectivity index (χ3n) is 2.52. The molecule has 0 saturated heterocycles. The van der Waals surface area contributed by atoms with Gasteiger partial charge in [-0.15, -0.1) is 0 Å². The van der Waals surface area contributed by atoms with E-state index in [9.17, 15) is 0 Å². The fourth-order valence-corrected chi connectivity index (χ4v) is 1.47. The Bertz CT molecular complexity index is 361. The quantitative estimate of drug-likeness (QED) is 0.739. The van der Waals surface area contributed by atoms with Crippen LogP contribution in [0.1, 0.15) is 45.0 Å². The van der Waals surface area contributed by atoms with Crippen molar-refractivity contribution in [3.05, 3.63) is 23.5 Å². The molecule has 2 rings (SSSR count). The fourth-order valence-electron chi connectivity index (χ4n) is 1.47. The van der Waals surface area contributed by atoms with E-state index in [2.05, 4.69) is 31.8 Å². The SMILES string of the molecule is Cc1cc(OC2CC2)cc(C(C)(C)C)n1. The van der Waals surface area contributed by atoms with Gasteiger partial charge in [-0.3, -0.25) is 4.98 Å². The van der Waals surface area contributed by atoms with Gasteiger partial charge in [0.1, 0.15) is 5.75 Å². The average molecular weight is 205 g/mol. The summed E-state index contributed by atoms with van der Waals surface area (Å²) in [5, 5.41) is 0. The molecule has 15 heavy (non-hydrogen) atoms. The number of hydrogen-bond donors (Lipinski definition) is 0. The topological polar surface area (TPSA) is 22.1 Å². The van der Waals surface area contributed by atoms with Gasteiger partial charge in [-0.1, -0.05) is 20.8 Å². The Morgan fingerprint density at radius 1 is 1.27 bits per heavy atom. The van der Waals surface area contributed by atoms with Gasteiger partial charge in [0.2, 0.25) is 0 Å². The van der Waals surface area contributed by atoms with Crippen molar-refractivity contribution in [2.45, 2.75) is 52.1 Å². The lowest BCUT2D eigenvalue weighted by atomic mass is 9.91. The van der Waals surface area contributed by atoms with Crippen molar-refractivity contribution in [2.24, 2.45) is 0 Å². The van der Waals surface area contributed by atoms with Crippen molar-refractivity contribution in [1.29, 1.82) is 0 Å². The van der Waals surface area contributed by atoms with Crippen LogP contribution in [0.3, 0.4) is 0 Å². The standard InChI is InChI=1S/C13H19NO/c1-9-7-11(15-10-5-6-10)8-12(14-9)13(2,3)4/h7-8,10H,5-6H2,1-4H3. The fraction of sp³-hybridized carbons (Fsp3) is 0.615. The van der Waals surface area contributed by atoms with Crippen molar-refractivity contribution in [2.75, 3.05) is 0 Å². The van der Waals surface area contributed by atoms with E-state index in [1.54, 1.807) is 0 Å². The Balaban J connectivity index is 2.27. The third-order valence-corrected chi connectivity index (χ3v) is 2.52. The van der Waals surface area contributed by atoms with Gasteiger partial charge in [0, 0.05) is 28.9 Å². The molecule has 0 radical (unpaired) electrons. The Labute approximate surface area is 91.7 Å². The first kappa shape index (κ1) is 10.5. The van der Waals surface area contributed by atoms with Crippen LogP contribution in [0.4, 0.5) is 0 Å². The molecule has 1 aromatic heterocycles. The molecule has 0 unspecified atom stereocenters. The van der Waals surface area contributed by atoms with Crippen LogP contribution in [-0.2, 0) is 5.41 Å². The molecular weight excluding hydrogens is 186 g/mol. The molecule has 82 valence electrons. The van der Waals surface area contributed by atoms with E-state index in [4.69, 9.17) is 4.74 Å². The van der Waals surface area contributed by atoms with Crippen molar-refractivity contribution < 1.29 is 4.74 Å². The summed E-state index contributed by atoms with van der Waals surface area (Å²) >= 11 is 0. The second-order valence-corrected chi connectivity index (χ2v) is 5.40. The van der Waals surface area contributed by atoms with Crippen LogP contribution in [-0.4, -0.2) is 11.1 Å². The molecule has 0 aliphatic heterocycles. The van der Waals surface area contributed by atoms with E-state index < -0.39 is 0 Å². The number of pyridine rings is 1. The molecule has 0 amide bonds. The summed E-state index contributed by atoms with van der Waals surface area (Å²) in [6.07, 6.45) is 2.86. The zero-order chi connectivity index (χ0) is 11.1. The molecule has 1 fully saturated rings. The highest BCUT2D eigenvalue weighted by Gasteiger charge is 2.24. The molecule has 0 spiro atoms. The number of aryl methyl sites for hydroxylation is 1. The molecule has 1 aromatic rings. The third kappa shape index (κ3) is 2.71. The molecule has 2 nitrogen and oxygen atoms in total. The highest BCUT2D eigenvalue weighted by Crippen LogP contribution is 2.30. The van der Waals surface area contributed by atoms with Crippen LogP contribution in [0.15, 0.2) is 12.1 Å². The van der Waals surface area contributed by atoms with Gasteiger partial charge in [0.15, 0.2) is 0 Å². The van der Waals surface area contributed by atoms with Gasteiger partial charge in [0.25, 0.3) is 0 Å². The minimum absolute atomic E-state index is 0.0910. The van der Waals surface area contributed by atoms with Gasteiger partial charge < -0.3 is 4.74 Å². The first-order valence-corrected chi connectivity index (χ1v) is 5.61. The Kier molecular flexibility index (Phi) is 2.45. The molecule has 1 aliphatic rings. The largest absolute Gasteiger partial charge is 0.490 e. The molecule has 0 atom stereocenters. The summed E-state index contributed by atoms with van der Waals surface area (Å²) in [7, 11) is 0. The van der Waals surface area contributed by atoms with Gasteiger partial charge in [0.05, 0.1) is 6.10 Å². The minimum Gasteiger partial charge on any atom is -0.490 e. The van der Waals surface area contributed by atoms with Crippen molar-refractivity contribution in [3.8, 4) is 5.75 Å². The van der Waals surface area contributed by atoms with Crippen LogP contribution < -0.4 is 4.74 Å². The molecule has 0 aromatic carbocycles. The molecule has 1 saturated carbocycles. The van der Waals surface area contributed by atoms with E-state index in [0.29, 0.717) is 6.10 Å². The minimum atomic E-state index is 0.0910. The average Bonchev–Trinajstić information content (AvgIpc) is 2.85. The van der Waals surface area contributed by atoms with Crippen LogP contribution in [0, 0.1) is 6.92 Å². The van der Waals surface area contributed by atoms with E-state index >= 15 is 0 Å². The summed E-state index contributed by atoms with van der Waals surface area (Å²) in [6.45, 7) is 8.55. The lowest BCUT2D eigenvalue weighted by Crippen LogP contribution is -2.14. The molecule has 2 heteroatoms. The van der Waals surface area contributed by atoms with Gasteiger partial charge in [-0.2, -0.15) is 0 Å². The number of ether oxygens (including phenoxy) is 1. The van der Waals surface area contributed by atoms with Crippen molar-refractivity contribution in [3.63, 3.8) is 0 Å². The van der Waals surface area contributed by atoms with E-state index in [1.807, 2.05) is 13.0 Å². The number of rotatable bonds is 2. The molecular formula is C13H19NO. The highest BCUT2D eigenvalue weighted by molar-refractivity contribution is 5.30. The molecule has 1 aliphatic carbocycles. The normalized spacial score (nSPS) is 16.5. The summed E-state index contributed by atoms with van der Waals surface area (Å²) in [5.41, 5.74) is 2.24. The predicted molar refractivity (Wildman–Crippen MR) is 61.3 cm³/mol. The maximum atomic E-state index is 5.80. The second-order valence-electron chi connectivity index (χ2n) is 5.40. The summed E-state index contributed by atoms with van der Waals surface area (Å²) < 4.78 is 5.80. The Morgan fingerprint density at radius 3 is 2.47 bits per heavy atom. The lowest BCUT2D eigenvalue weighted by molar-refractivity contribution is 0.301. The second kappa shape index (κ2) is 3.51. The maximum absolute atomic E-state index is 5.80. The first-order valence-electron chi connectivity index (χ1n) is 5.61. The van der Waals surface area contributed by atoms with E-state index in [0.717, 1.165) is 17.1 Å². The Hall–Kier alpha value is -1.05. The smallest absolute Gasteiger partial charge is 0.123 e. The van der Waals surface area contributed by atoms with Crippen LogP contribution in [0.25, 0.3) is 0 Å². The van der Waals surface area contributed by atoms with Crippen molar-refractivity contribution >= 4 is 0 Å². The number of nitrogens with zero attached hydrogens (tertiary/aromatic N) is 1. The van der Waals surface area contributed by atoms with Gasteiger partial charge >= 0.3 is 0 Å². The number of hydrogen-bond acceptors (Lipinski definition) is 2. The van der Waals surface area contributed by atoms with Crippen molar-refractivity contribution in [1.82, 2.24) is 4.98 Å². The van der Waals surface area contributed by atoms with E-state index in [-0.39, 0.29) is 5.41 Å². The lowest BCUT2D eigenvalue weighted by Gasteiger charge is -2.19. The monoisotopic (exact) mass is 205 g/mol. The van der Waals surface area contributed by atoms with Gasteiger partial charge in [-0.25, -0.2) is 0 Å². The zero-order valence-corrected chi connectivity index (χ0v) is 10.0. The maximum Gasteiger partial charge on any atom is 0.123 e. The molecule has 1 heterocycles. The summed E-state index contributed by atoms with van der Waals surface area (Å²) in [6, 6.07) is 4.10. The zero-order valence-electron chi connectivity index (χ0n) is 10.0. The van der Waals surface area contributed by atoms with Crippen LogP contribution in [0.5, 0.6) is 5.75 Å². The number of aromatic nitrogens is 1. The first-order chi connectivity index (χ1) is 6.95. The molecule has 0 bridgehead atoms. The van der Waals surface area contributed by atoms with Gasteiger partial charge in [-0.05, 0) is 19.8 Å². The van der Waals surface area contributed by atoms with Crippen LogP contribution in [0.2, 0.25) is 0 Å². The van der Waals surface area contributed by atoms with E-state index in [1.165, 1.54) is 12.8 Å². The predicted octanol–water partition coefficient (Wildman–Crippen LogP) is 3.23. The van der Waals surface area contributed by atoms with Crippen LogP contribution >= 0.6 is 0 Å².